The van der Waals surface area contributed by atoms with E-state index in [0.717, 1.165) is 0 Å². The Balaban J connectivity index is 1.75. The number of aliphatic hydroxyl groups is 1. The average Bonchev–Trinajstić information content (AvgIpc) is 3.14. The number of halogens is 2. The van der Waals surface area contributed by atoms with E-state index in [1.54, 1.807) is 25.4 Å². The predicted octanol–water partition coefficient (Wildman–Crippen LogP) is 2.10. The number of benzene rings is 1. The van der Waals surface area contributed by atoms with Gasteiger partial charge >= 0.3 is 0 Å². The van der Waals surface area contributed by atoms with Crippen molar-refractivity contribution in [3.8, 4) is 0 Å². The van der Waals surface area contributed by atoms with Gasteiger partial charge in [-0.1, -0.05) is 23.7 Å². The molecule has 0 bridgehead atoms. The van der Waals surface area contributed by atoms with Crippen LogP contribution < -0.4 is 16.0 Å². The normalized spacial score (nSPS) is 11.7. The molecule has 11 heteroatoms. The minimum atomic E-state index is -0.610. The zero-order valence-corrected chi connectivity index (χ0v) is 16.2. The van der Waals surface area contributed by atoms with Crippen molar-refractivity contribution < 1.29 is 14.3 Å². The van der Waals surface area contributed by atoms with E-state index in [9.17, 15) is 14.3 Å². The summed E-state index contributed by atoms with van der Waals surface area (Å²) in [4.78, 5) is 19.8. The molecule has 2 heterocycles. The van der Waals surface area contributed by atoms with Crippen molar-refractivity contribution in [2.45, 2.75) is 12.6 Å². The second-order valence-electron chi connectivity index (χ2n) is 6.05. The molecule has 0 radical (unpaired) electrons. The van der Waals surface area contributed by atoms with Gasteiger partial charge in [-0.05, 0) is 17.7 Å². The van der Waals surface area contributed by atoms with Gasteiger partial charge in [-0.15, -0.1) is 0 Å². The lowest BCUT2D eigenvalue weighted by Crippen LogP contribution is -2.23. The van der Waals surface area contributed by atoms with Crippen LogP contribution in [0, 0.1) is 5.82 Å². The van der Waals surface area contributed by atoms with E-state index in [0.29, 0.717) is 11.3 Å². The summed E-state index contributed by atoms with van der Waals surface area (Å²) < 4.78 is 14.9. The van der Waals surface area contributed by atoms with Crippen LogP contribution in [0.2, 0.25) is 5.02 Å². The van der Waals surface area contributed by atoms with Crippen LogP contribution in [-0.4, -0.2) is 44.4 Å². The lowest BCUT2D eigenvalue weighted by molar-refractivity contribution is -0.121. The van der Waals surface area contributed by atoms with Crippen molar-refractivity contribution in [2.75, 3.05) is 24.3 Å². The third-order valence-electron chi connectivity index (χ3n) is 3.96. The third kappa shape index (κ3) is 5.39. The molecular formula is C18H19ClFN7O2. The Hall–Kier alpha value is -3.24. The molecular weight excluding hydrogens is 401 g/mol. The van der Waals surface area contributed by atoms with Crippen molar-refractivity contribution in [3.63, 3.8) is 0 Å². The van der Waals surface area contributed by atoms with Crippen LogP contribution in [0.5, 0.6) is 0 Å². The summed E-state index contributed by atoms with van der Waals surface area (Å²) in [6.45, 7) is -0.211. The SMILES string of the molecule is CNC(=O)Cn1cc(Nc2ncc(Cl)c(NC(CO)c3cccc(F)c3)n2)cn1. The fraction of sp³-hybridized carbons (Fsp3) is 0.222. The maximum atomic E-state index is 13.5. The first kappa shape index (κ1) is 20.5. The molecule has 0 aliphatic heterocycles. The zero-order chi connectivity index (χ0) is 20.8. The number of nitrogens with zero attached hydrogens (tertiary/aromatic N) is 4. The van der Waals surface area contributed by atoms with Crippen molar-refractivity contribution in [2.24, 2.45) is 0 Å². The molecule has 29 heavy (non-hydrogen) atoms. The molecule has 0 saturated heterocycles. The maximum absolute atomic E-state index is 13.5. The molecule has 3 aromatic rings. The van der Waals surface area contributed by atoms with Crippen LogP contribution in [0.3, 0.4) is 0 Å². The van der Waals surface area contributed by atoms with Gasteiger partial charge in [0.15, 0.2) is 5.82 Å². The number of nitrogens with one attached hydrogen (secondary N) is 3. The van der Waals surface area contributed by atoms with E-state index < -0.39 is 11.9 Å². The Morgan fingerprint density at radius 2 is 2.21 bits per heavy atom. The van der Waals surface area contributed by atoms with Crippen molar-refractivity contribution in [1.29, 1.82) is 0 Å². The molecule has 152 valence electrons. The fourth-order valence-electron chi connectivity index (χ4n) is 2.52. The van der Waals surface area contributed by atoms with Gasteiger partial charge in [-0.25, -0.2) is 9.37 Å². The van der Waals surface area contributed by atoms with Gasteiger partial charge in [0, 0.05) is 13.2 Å². The average molecular weight is 420 g/mol. The van der Waals surface area contributed by atoms with Crippen LogP contribution in [0.25, 0.3) is 0 Å². The second-order valence-corrected chi connectivity index (χ2v) is 6.46. The van der Waals surface area contributed by atoms with Gasteiger partial charge in [0.2, 0.25) is 11.9 Å². The second kappa shape index (κ2) is 9.30. The van der Waals surface area contributed by atoms with Gasteiger partial charge in [-0.3, -0.25) is 9.48 Å². The predicted molar refractivity (Wildman–Crippen MR) is 106 cm³/mol. The number of amides is 1. The first-order valence-electron chi connectivity index (χ1n) is 8.64. The Bertz CT molecular complexity index is 998. The maximum Gasteiger partial charge on any atom is 0.241 e. The summed E-state index contributed by atoms with van der Waals surface area (Å²) in [6.07, 6.45) is 4.55. The highest BCUT2D eigenvalue weighted by atomic mass is 35.5. The molecule has 0 aliphatic rings. The van der Waals surface area contributed by atoms with Crippen molar-refractivity contribution >= 4 is 35.0 Å². The number of hydrogen-bond donors (Lipinski definition) is 4. The number of likely N-dealkylation sites (N-methyl/N-ethyl adjacent to an activating group) is 1. The van der Waals surface area contributed by atoms with E-state index in [4.69, 9.17) is 11.6 Å². The summed E-state index contributed by atoms with van der Waals surface area (Å²) in [5, 5.41) is 22.5. The highest BCUT2D eigenvalue weighted by molar-refractivity contribution is 6.32. The molecule has 0 fully saturated rings. The minimum absolute atomic E-state index is 0.0816. The molecule has 9 nitrogen and oxygen atoms in total. The Labute approximate surface area is 170 Å². The molecule has 2 aromatic heterocycles. The van der Waals surface area contributed by atoms with E-state index in [1.165, 1.54) is 29.2 Å². The smallest absolute Gasteiger partial charge is 0.241 e. The summed E-state index contributed by atoms with van der Waals surface area (Å²) in [5.41, 5.74) is 1.12. The number of aliphatic hydroxyl groups excluding tert-OH is 1. The van der Waals surface area contributed by atoms with Crippen LogP contribution >= 0.6 is 11.6 Å². The summed E-state index contributed by atoms with van der Waals surface area (Å²) in [5.74, 6) is -0.0912. The molecule has 1 amide bonds. The highest BCUT2D eigenvalue weighted by Gasteiger charge is 2.15. The summed E-state index contributed by atoms with van der Waals surface area (Å²) in [7, 11) is 1.55. The standard InChI is InChI=1S/C18H19ClFN7O2/c1-21-16(29)9-27-8-13(6-23-27)24-18-22-7-14(19)17(26-18)25-15(10-28)11-3-2-4-12(20)5-11/h2-8,15,28H,9-10H2,1H3,(H,21,29)(H2,22,24,25,26). The van der Waals surface area contributed by atoms with Gasteiger partial charge in [0.1, 0.15) is 17.4 Å². The molecule has 0 spiro atoms. The molecule has 0 saturated carbocycles. The first-order chi connectivity index (χ1) is 14.0. The minimum Gasteiger partial charge on any atom is -0.394 e. The van der Waals surface area contributed by atoms with Crippen LogP contribution in [0.15, 0.2) is 42.9 Å². The van der Waals surface area contributed by atoms with E-state index >= 15 is 0 Å². The monoisotopic (exact) mass is 419 g/mol. The molecule has 1 atom stereocenters. The van der Waals surface area contributed by atoms with E-state index in [-0.39, 0.29) is 35.8 Å². The molecule has 4 N–H and O–H groups in total. The fourth-order valence-corrected chi connectivity index (χ4v) is 2.67. The third-order valence-corrected chi connectivity index (χ3v) is 4.24. The molecule has 1 aromatic carbocycles. The lowest BCUT2D eigenvalue weighted by Gasteiger charge is -2.18. The number of carbonyl (C=O) groups is 1. The summed E-state index contributed by atoms with van der Waals surface area (Å²) in [6, 6.07) is 5.28. The van der Waals surface area contributed by atoms with Crippen molar-refractivity contribution in [1.82, 2.24) is 25.1 Å². The van der Waals surface area contributed by atoms with Crippen molar-refractivity contribution in [3.05, 3.63) is 59.3 Å². The quantitative estimate of drug-likeness (QED) is 0.441. The summed E-state index contributed by atoms with van der Waals surface area (Å²) >= 11 is 6.16. The number of carbonyl (C=O) groups excluding carboxylic acids is 1. The van der Waals surface area contributed by atoms with Gasteiger partial charge < -0.3 is 21.1 Å². The van der Waals surface area contributed by atoms with Gasteiger partial charge in [0.25, 0.3) is 0 Å². The molecule has 0 aliphatic carbocycles. The number of hydrogen-bond acceptors (Lipinski definition) is 7. The Morgan fingerprint density at radius 3 is 2.93 bits per heavy atom. The van der Waals surface area contributed by atoms with Gasteiger partial charge in [0.05, 0.1) is 30.7 Å². The molecule has 3 rings (SSSR count). The lowest BCUT2D eigenvalue weighted by atomic mass is 10.1. The van der Waals surface area contributed by atoms with Crippen LogP contribution in [-0.2, 0) is 11.3 Å². The van der Waals surface area contributed by atoms with Gasteiger partial charge in [-0.2, -0.15) is 10.1 Å². The van der Waals surface area contributed by atoms with Crippen LogP contribution in [0.4, 0.5) is 21.8 Å². The first-order valence-corrected chi connectivity index (χ1v) is 9.01. The van der Waals surface area contributed by atoms with E-state index in [1.807, 2.05) is 0 Å². The topological polar surface area (TPSA) is 117 Å². The number of aromatic nitrogens is 4. The van der Waals surface area contributed by atoms with Crippen LogP contribution in [0.1, 0.15) is 11.6 Å². The van der Waals surface area contributed by atoms with E-state index in [2.05, 4.69) is 31.0 Å². The number of anilines is 3. The zero-order valence-electron chi connectivity index (χ0n) is 15.4. The Kier molecular flexibility index (Phi) is 6.57. The molecule has 1 unspecified atom stereocenters. The Morgan fingerprint density at radius 1 is 1.38 bits per heavy atom. The highest BCUT2D eigenvalue weighted by Crippen LogP contribution is 2.26. The number of rotatable bonds is 8. The largest absolute Gasteiger partial charge is 0.394 e.